The number of hydrogen-bond acceptors (Lipinski definition) is 1. The lowest BCUT2D eigenvalue weighted by Crippen LogP contribution is -2.38. The summed E-state index contributed by atoms with van der Waals surface area (Å²) < 4.78 is 0.698. The van der Waals surface area contributed by atoms with E-state index in [1.165, 1.54) is 0 Å². The van der Waals surface area contributed by atoms with E-state index in [1.807, 2.05) is 28.1 Å². The third-order valence-electron chi connectivity index (χ3n) is 0.983. The number of rotatable bonds is 3. The number of carbonyl (C=O) groups excluding carboxylic acids is 1. The Morgan fingerprint density at radius 3 is 2.20 bits per heavy atom. The van der Waals surface area contributed by atoms with Crippen LogP contribution in [0.25, 0.3) is 0 Å². The molecule has 58 valence electrons. The maximum Gasteiger partial charge on any atom is 0.209 e. The third kappa shape index (κ3) is 5.51. The van der Waals surface area contributed by atoms with Crippen LogP contribution in [0, 0.1) is 0 Å². The van der Waals surface area contributed by atoms with E-state index in [9.17, 15) is 4.79 Å². The highest BCUT2D eigenvalue weighted by Crippen LogP contribution is 1.90. The summed E-state index contributed by atoms with van der Waals surface area (Å²) >= 11 is 0. The van der Waals surface area contributed by atoms with E-state index in [0.29, 0.717) is 11.0 Å². The van der Waals surface area contributed by atoms with Crippen LogP contribution in [-0.2, 0) is 4.79 Å². The molecule has 10 heavy (non-hydrogen) atoms. The molecule has 0 aliphatic carbocycles. The highest BCUT2D eigenvalue weighted by atomic mass is 16.1. The van der Waals surface area contributed by atoms with Gasteiger partial charge in [-0.3, -0.25) is 4.79 Å². The first kappa shape index (κ1) is 9.37. The van der Waals surface area contributed by atoms with Crippen LogP contribution in [-0.4, -0.2) is 38.0 Å². The summed E-state index contributed by atoms with van der Waals surface area (Å²) in [5, 5.41) is 0. The molecule has 2 heteroatoms. The Morgan fingerprint density at radius 2 is 1.90 bits per heavy atom. The van der Waals surface area contributed by atoms with E-state index < -0.39 is 0 Å². The second kappa shape index (κ2) is 3.52. The lowest BCUT2D eigenvalue weighted by atomic mass is 10.3. The molecule has 0 aliphatic rings. The average Bonchev–Trinajstić information content (AvgIpc) is 1.59. The first-order valence-corrected chi connectivity index (χ1v) is 3.41. The van der Waals surface area contributed by atoms with Gasteiger partial charge in [0.2, 0.25) is 5.78 Å². The topological polar surface area (TPSA) is 17.1 Å². The van der Waals surface area contributed by atoms with E-state index in [1.54, 1.807) is 12.2 Å². The molecule has 0 aromatic carbocycles. The molecule has 2 nitrogen and oxygen atoms in total. The van der Waals surface area contributed by atoms with Crippen LogP contribution in [0.2, 0.25) is 0 Å². The Balaban J connectivity index is 3.81. The Morgan fingerprint density at radius 1 is 1.40 bits per heavy atom. The largest absolute Gasteiger partial charge is 0.324 e. The van der Waals surface area contributed by atoms with Gasteiger partial charge in [-0.05, 0) is 13.0 Å². The van der Waals surface area contributed by atoms with Gasteiger partial charge >= 0.3 is 0 Å². The predicted molar refractivity (Wildman–Crippen MR) is 42.7 cm³/mol. The van der Waals surface area contributed by atoms with Crippen molar-refractivity contribution in [3.05, 3.63) is 12.2 Å². The summed E-state index contributed by atoms with van der Waals surface area (Å²) in [6, 6.07) is 0. The van der Waals surface area contributed by atoms with Crippen LogP contribution in [0.4, 0.5) is 0 Å². The number of quaternary nitrogens is 1. The number of allylic oxidation sites excluding steroid dienone is 1. The minimum Gasteiger partial charge on any atom is -0.324 e. The second-order valence-corrected chi connectivity index (χ2v) is 3.41. The van der Waals surface area contributed by atoms with Crippen molar-refractivity contribution in [2.75, 3.05) is 27.7 Å². The maximum absolute atomic E-state index is 11.0. The molecular weight excluding hydrogens is 126 g/mol. The van der Waals surface area contributed by atoms with Crippen LogP contribution in [0.5, 0.6) is 0 Å². The van der Waals surface area contributed by atoms with Gasteiger partial charge in [0.15, 0.2) is 0 Å². The molecule has 0 unspecified atom stereocenters. The number of hydrogen-bond donors (Lipinski definition) is 0. The quantitative estimate of drug-likeness (QED) is 0.421. The van der Waals surface area contributed by atoms with Crippen molar-refractivity contribution in [1.82, 2.24) is 0 Å². The van der Waals surface area contributed by atoms with Gasteiger partial charge in [-0.2, -0.15) is 0 Å². The minimum absolute atomic E-state index is 0.190. The molecule has 0 atom stereocenters. The smallest absolute Gasteiger partial charge is 0.209 e. The van der Waals surface area contributed by atoms with Crippen LogP contribution < -0.4 is 0 Å². The van der Waals surface area contributed by atoms with Crippen LogP contribution in [0.15, 0.2) is 12.2 Å². The van der Waals surface area contributed by atoms with Crippen molar-refractivity contribution < 1.29 is 9.28 Å². The summed E-state index contributed by atoms with van der Waals surface area (Å²) in [4.78, 5) is 11.0. The van der Waals surface area contributed by atoms with Crippen LogP contribution >= 0.6 is 0 Å². The number of nitrogens with zero attached hydrogens (tertiary/aromatic N) is 1. The van der Waals surface area contributed by atoms with Crippen molar-refractivity contribution in [3.63, 3.8) is 0 Å². The minimum atomic E-state index is 0.190. The summed E-state index contributed by atoms with van der Waals surface area (Å²) in [6.45, 7) is 2.43. The molecular formula is C8H16NO+. The average molecular weight is 142 g/mol. The van der Waals surface area contributed by atoms with Gasteiger partial charge in [0.05, 0.1) is 21.1 Å². The normalized spacial score (nSPS) is 12.4. The van der Waals surface area contributed by atoms with Gasteiger partial charge in [0, 0.05) is 0 Å². The van der Waals surface area contributed by atoms with Crippen molar-refractivity contribution in [2.45, 2.75) is 6.92 Å². The molecule has 0 saturated carbocycles. The van der Waals surface area contributed by atoms with Gasteiger partial charge in [-0.15, -0.1) is 0 Å². The van der Waals surface area contributed by atoms with Gasteiger partial charge in [-0.1, -0.05) is 6.08 Å². The Kier molecular flexibility index (Phi) is 3.30. The van der Waals surface area contributed by atoms with E-state index in [2.05, 4.69) is 0 Å². The predicted octanol–water partition coefficient (Wildman–Crippen LogP) is 0.838. The van der Waals surface area contributed by atoms with Crippen LogP contribution in [0.3, 0.4) is 0 Å². The lowest BCUT2D eigenvalue weighted by molar-refractivity contribution is -0.861. The zero-order chi connectivity index (χ0) is 8.20. The second-order valence-electron chi connectivity index (χ2n) is 3.41. The van der Waals surface area contributed by atoms with Gasteiger partial charge in [0.25, 0.3) is 0 Å². The molecule has 0 fully saturated rings. The van der Waals surface area contributed by atoms with Crippen molar-refractivity contribution in [1.29, 1.82) is 0 Å². The Hall–Kier alpha value is -0.630. The highest BCUT2D eigenvalue weighted by molar-refractivity contribution is 5.90. The molecule has 0 bridgehead atoms. The Bertz CT molecular complexity index is 142. The van der Waals surface area contributed by atoms with E-state index in [4.69, 9.17) is 0 Å². The third-order valence-corrected chi connectivity index (χ3v) is 0.983. The molecule has 0 amide bonds. The fourth-order valence-corrected chi connectivity index (χ4v) is 0.706. The summed E-state index contributed by atoms with van der Waals surface area (Å²) in [5.41, 5.74) is 0. The fourth-order valence-electron chi connectivity index (χ4n) is 0.706. The van der Waals surface area contributed by atoms with Crippen molar-refractivity contribution in [3.8, 4) is 0 Å². The van der Waals surface area contributed by atoms with Gasteiger partial charge < -0.3 is 4.48 Å². The molecule has 0 N–H and O–H groups in total. The van der Waals surface area contributed by atoms with Gasteiger partial charge in [0.1, 0.15) is 6.54 Å². The summed E-state index contributed by atoms with van der Waals surface area (Å²) in [6.07, 6.45) is 3.39. The number of ketones is 1. The van der Waals surface area contributed by atoms with E-state index in [0.717, 1.165) is 0 Å². The molecule has 0 aliphatic heterocycles. The molecule has 0 saturated heterocycles. The first-order valence-electron chi connectivity index (χ1n) is 3.41. The molecule has 0 radical (unpaired) electrons. The first-order chi connectivity index (χ1) is 4.45. The van der Waals surface area contributed by atoms with E-state index in [-0.39, 0.29) is 5.78 Å². The maximum atomic E-state index is 11.0. The molecule has 0 heterocycles. The van der Waals surface area contributed by atoms with Gasteiger partial charge in [-0.25, -0.2) is 0 Å². The number of carbonyl (C=O) groups is 1. The number of likely N-dealkylation sites (N-methyl/N-ethyl adjacent to an activating group) is 1. The summed E-state index contributed by atoms with van der Waals surface area (Å²) in [7, 11) is 6.00. The van der Waals surface area contributed by atoms with Crippen molar-refractivity contribution >= 4 is 5.78 Å². The molecule has 0 aromatic heterocycles. The molecule has 0 spiro atoms. The summed E-state index contributed by atoms with van der Waals surface area (Å²) in [5.74, 6) is 0.190. The Labute approximate surface area is 62.7 Å². The fraction of sp³-hybridized carbons (Fsp3) is 0.625. The molecule has 0 rings (SSSR count). The van der Waals surface area contributed by atoms with E-state index >= 15 is 0 Å². The zero-order valence-electron chi connectivity index (χ0n) is 7.22. The molecule has 0 aromatic rings. The zero-order valence-corrected chi connectivity index (χ0v) is 7.22. The highest BCUT2D eigenvalue weighted by Gasteiger charge is 2.10. The lowest BCUT2D eigenvalue weighted by Gasteiger charge is -2.21. The van der Waals surface area contributed by atoms with Crippen molar-refractivity contribution in [2.24, 2.45) is 0 Å². The van der Waals surface area contributed by atoms with Crippen LogP contribution in [0.1, 0.15) is 6.92 Å². The standard InChI is InChI=1S/C8H16NO/c1-5-6-8(10)7-9(2,3)4/h5-6H,7H2,1-4H3/q+1/b6-5+. The monoisotopic (exact) mass is 142 g/mol. The SMILES string of the molecule is C/C=C/C(=O)C[N+](C)(C)C.